The van der Waals surface area contributed by atoms with Gasteiger partial charge in [0.1, 0.15) is 5.41 Å². The van der Waals surface area contributed by atoms with E-state index in [1.54, 1.807) is 0 Å². The summed E-state index contributed by atoms with van der Waals surface area (Å²) in [5.74, 6) is -0.143. The lowest BCUT2D eigenvalue weighted by Gasteiger charge is -2.39. The van der Waals surface area contributed by atoms with Crippen molar-refractivity contribution in [1.82, 2.24) is 10.6 Å². The van der Waals surface area contributed by atoms with E-state index in [4.69, 9.17) is 5.26 Å². The number of nitrogens with one attached hydrogen (secondary N) is 2. The SMILES string of the molecule is CC1CC(C#N)(C(=O)NCC(=O)NC(C)C)C1. The van der Waals surface area contributed by atoms with E-state index < -0.39 is 5.41 Å². The van der Waals surface area contributed by atoms with E-state index in [2.05, 4.69) is 16.7 Å². The van der Waals surface area contributed by atoms with Gasteiger partial charge in [-0.2, -0.15) is 5.26 Å². The highest BCUT2D eigenvalue weighted by molar-refractivity contribution is 5.90. The van der Waals surface area contributed by atoms with Crippen LogP contribution in [-0.4, -0.2) is 24.4 Å². The van der Waals surface area contributed by atoms with E-state index in [1.807, 2.05) is 20.8 Å². The predicted octanol–water partition coefficient (Wildman–Crippen LogP) is 0.567. The molecule has 2 amide bonds. The molecule has 5 nitrogen and oxygen atoms in total. The van der Waals surface area contributed by atoms with Crippen molar-refractivity contribution in [2.75, 3.05) is 6.54 Å². The molecule has 5 heteroatoms. The molecule has 0 atom stereocenters. The van der Waals surface area contributed by atoms with Crippen LogP contribution in [0.2, 0.25) is 0 Å². The topological polar surface area (TPSA) is 82.0 Å². The number of nitriles is 1. The molecule has 1 saturated carbocycles. The second-order valence-corrected chi connectivity index (χ2v) is 5.11. The molecule has 0 bridgehead atoms. The van der Waals surface area contributed by atoms with Gasteiger partial charge in [-0.3, -0.25) is 9.59 Å². The third-order valence-corrected chi connectivity index (χ3v) is 2.90. The van der Waals surface area contributed by atoms with Crippen molar-refractivity contribution in [3.05, 3.63) is 0 Å². The maximum absolute atomic E-state index is 11.8. The molecule has 0 radical (unpaired) electrons. The van der Waals surface area contributed by atoms with Crippen molar-refractivity contribution in [1.29, 1.82) is 5.26 Å². The highest BCUT2D eigenvalue weighted by atomic mass is 16.2. The monoisotopic (exact) mass is 237 g/mol. The zero-order chi connectivity index (χ0) is 13.1. The quantitative estimate of drug-likeness (QED) is 0.749. The van der Waals surface area contributed by atoms with E-state index in [0.29, 0.717) is 18.8 Å². The number of carbonyl (C=O) groups is 2. The molecule has 0 aliphatic heterocycles. The Labute approximate surface area is 102 Å². The summed E-state index contributed by atoms with van der Waals surface area (Å²) >= 11 is 0. The Bertz CT molecular complexity index is 351. The zero-order valence-corrected chi connectivity index (χ0v) is 10.5. The fraction of sp³-hybridized carbons (Fsp3) is 0.750. The molecule has 1 fully saturated rings. The minimum absolute atomic E-state index is 0.0491. The van der Waals surface area contributed by atoms with Crippen LogP contribution in [0.5, 0.6) is 0 Å². The summed E-state index contributed by atoms with van der Waals surface area (Å²) < 4.78 is 0. The van der Waals surface area contributed by atoms with Gasteiger partial charge in [0.25, 0.3) is 0 Å². The van der Waals surface area contributed by atoms with Gasteiger partial charge >= 0.3 is 0 Å². The second-order valence-electron chi connectivity index (χ2n) is 5.11. The molecule has 2 N–H and O–H groups in total. The Morgan fingerprint density at radius 1 is 1.47 bits per heavy atom. The molecule has 0 heterocycles. The van der Waals surface area contributed by atoms with Crippen molar-refractivity contribution >= 4 is 11.8 Å². The first-order valence-electron chi connectivity index (χ1n) is 5.88. The maximum Gasteiger partial charge on any atom is 0.240 e. The number of hydrogen-bond donors (Lipinski definition) is 2. The van der Waals surface area contributed by atoms with Crippen LogP contribution in [-0.2, 0) is 9.59 Å². The van der Waals surface area contributed by atoms with E-state index in [-0.39, 0.29) is 24.4 Å². The first-order chi connectivity index (χ1) is 7.89. The lowest BCUT2D eigenvalue weighted by molar-refractivity contribution is -0.135. The van der Waals surface area contributed by atoms with E-state index in [0.717, 1.165) is 0 Å². The van der Waals surface area contributed by atoms with Crippen LogP contribution in [0.4, 0.5) is 0 Å². The van der Waals surface area contributed by atoms with Gasteiger partial charge in [-0.25, -0.2) is 0 Å². The molecule has 0 unspecified atom stereocenters. The number of nitrogens with zero attached hydrogens (tertiary/aromatic N) is 1. The van der Waals surface area contributed by atoms with Gasteiger partial charge in [-0.15, -0.1) is 0 Å². The first kappa shape index (κ1) is 13.5. The highest BCUT2D eigenvalue weighted by Crippen LogP contribution is 2.44. The zero-order valence-electron chi connectivity index (χ0n) is 10.5. The largest absolute Gasteiger partial charge is 0.352 e. The molecule has 0 aromatic rings. The molecule has 1 aliphatic rings. The average Bonchev–Trinajstić information content (AvgIpc) is 2.20. The molecule has 0 spiro atoms. The Morgan fingerprint density at radius 3 is 2.47 bits per heavy atom. The minimum atomic E-state index is -0.905. The summed E-state index contributed by atoms with van der Waals surface area (Å²) in [5, 5.41) is 14.2. The van der Waals surface area contributed by atoms with E-state index in [9.17, 15) is 9.59 Å². The fourth-order valence-corrected chi connectivity index (χ4v) is 2.16. The minimum Gasteiger partial charge on any atom is -0.352 e. The Morgan fingerprint density at radius 2 is 2.06 bits per heavy atom. The lowest BCUT2D eigenvalue weighted by atomic mass is 9.63. The Balaban J connectivity index is 2.40. The van der Waals surface area contributed by atoms with Gasteiger partial charge in [0, 0.05) is 6.04 Å². The molecular weight excluding hydrogens is 218 g/mol. The molecule has 0 saturated heterocycles. The van der Waals surface area contributed by atoms with E-state index >= 15 is 0 Å². The van der Waals surface area contributed by atoms with Gasteiger partial charge in [0.15, 0.2) is 0 Å². The lowest BCUT2D eigenvalue weighted by Crippen LogP contribution is -2.50. The highest BCUT2D eigenvalue weighted by Gasteiger charge is 2.48. The predicted molar refractivity (Wildman–Crippen MR) is 62.7 cm³/mol. The summed E-state index contributed by atoms with van der Waals surface area (Å²) in [7, 11) is 0. The average molecular weight is 237 g/mol. The van der Waals surface area contributed by atoms with Crippen molar-refractivity contribution in [3.8, 4) is 6.07 Å². The van der Waals surface area contributed by atoms with Crippen LogP contribution in [0.1, 0.15) is 33.6 Å². The van der Waals surface area contributed by atoms with E-state index in [1.165, 1.54) is 0 Å². The van der Waals surface area contributed by atoms with Gasteiger partial charge in [-0.05, 0) is 32.6 Å². The van der Waals surface area contributed by atoms with Crippen LogP contribution in [0.15, 0.2) is 0 Å². The van der Waals surface area contributed by atoms with Gasteiger partial charge in [-0.1, -0.05) is 6.92 Å². The molecule has 1 aliphatic carbocycles. The van der Waals surface area contributed by atoms with Crippen molar-refractivity contribution in [2.24, 2.45) is 11.3 Å². The van der Waals surface area contributed by atoms with Crippen molar-refractivity contribution < 1.29 is 9.59 Å². The third-order valence-electron chi connectivity index (χ3n) is 2.90. The maximum atomic E-state index is 11.8. The van der Waals surface area contributed by atoms with Gasteiger partial charge in [0.2, 0.25) is 11.8 Å². The normalized spacial score (nSPS) is 26.9. The van der Waals surface area contributed by atoms with Crippen molar-refractivity contribution in [3.63, 3.8) is 0 Å². The Kier molecular flexibility index (Phi) is 4.11. The number of hydrogen-bond acceptors (Lipinski definition) is 3. The number of amides is 2. The van der Waals surface area contributed by atoms with Gasteiger partial charge in [0.05, 0.1) is 12.6 Å². The van der Waals surface area contributed by atoms with Crippen LogP contribution >= 0.6 is 0 Å². The summed E-state index contributed by atoms with van der Waals surface area (Å²) in [4.78, 5) is 23.1. The van der Waals surface area contributed by atoms with Crippen LogP contribution in [0.3, 0.4) is 0 Å². The van der Waals surface area contributed by atoms with Crippen LogP contribution in [0, 0.1) is 22.7 Å². The summed E-state index contributed by atoms with van der Waals surface area (Å²) in [6.45, 7) is 5.65. The van der Waals surface area contributed by atoms with Crippen molar-refractivity contribution in [2.45, 2.75) is 39.7 Å². The standard InChI is InChI=1S/C12H19N3O2/c1-8(2)15-10(16)6-14-11(17)12(7-13)4-9(3)5-12/h8-9H,4-6H2,1-3H3,(H,14,17)(H,15,16). The fourth-order valence-electron chi connectivity index (χ4n) is 2.16. The second kappa shape index (κ2) is 5.17. The Hall–Kier alpha value is -1.57. The molecular formula is C12H19N3O2. The summed E-state index contributed by atoms with van der Waals surface area (Å²) in [5.41, 5.74) is -0.905. The first-order valence-corrected chi connectivity index (χ1v) is 5.88. The smallest absolute Gasteiger partial charge is 0.240 e. The number of rotatable bonds is 4. The van der Waals surface area contributed by atoms with Crippen LogP contribution in [0.25, 0.3) is 0 Å². The van der Waals surface area contributed by atoms with Crippen LogP contribution < -0.4 is 10.6 Å². The van der Waals surface area contributed by atoms with Gasteiger partial charge < -0.3 is 10.6 Å². The molecule has 1 rings (SSSR count). The molecule has 0 aromatic carbocycles. The third kappa shape index (κ3) is 3.19. The molecule has 17 heavy (non-hydrogen) atoms. The molecule has 0 aromatic heterocycles. The molecule has 94 valence electrons. The summed E-state index contributed by atoms with van der Waals surface area (Å²) in [6.07, 6.45) is 1.17. The summed E-state index contributed by atoms with van der Waals surface area (Å²) in [6, 6.07) is 2.11. The number of carbonyl (C=O) groups excluding carboxylic acids is 2.